The summed E-state index contributed by atoms with van der Waals surface area (Å²) >= 11 is 0. The second-order valence-corrected chi connectivity index (χ2v) is 6.34. The molecule has 0 fully saturated rings. The van der Waals surface area contributed by atoms with Crippen LogP contribution in [-0.4, -0.2) is 33.7 Å². The molecule has 22 heavy (non-hydrogen) atoms. The van der Waals surface area contributed by atoms with Crippen LogP contribution in [0, 0.1) is 0 Å². The number of rotatable bonds is 5. The summed E-state index contributed by atoms with van der Waals surface area (Å²) in [4.78, 5) is 4.01. The van der Waals surface area contributed by atoms with E-state index in [2.05, 4.69) is 16.3 Å². The Bertz CT molecular complexity index is 795. The van der Waals surface area contributed by atoms with E-state index in [1.807, 2.05) is 6.07 Å². The Morgan fingerprint density at radius 1 is 1.32 bits per heavy atom. The van der Waals surface area contributed by atoms with Crippen molar-refractivity contribution in [1.82, 2.24) is 9.29 Å². The summed E-state index contributed by atoms with van der Waals surface area (Å²) in [5, 5.41) is 0. The minimum atomic E-state index is -3.58. The van der Waals surface area contributed by atoms with Gasteiger partial charge in [-0.1, -0.05) is 43.0 Å². The first-order valence-electron chi connectivity index (χ1n) is 6.57. The molecule has 0 aliphatic carbocycles. The Hall–Kier alpha value is -2.28. The van der Waals surface area contributed by atoms with E-state index in [-0.39, 0.29) is 11.6 Å². The Morgan fingerprint density at radius 2 is 2.00 bits per heavy atom. The lowest BCUT2D eigenvalue weighted by Gasteiger charge is -2.12. The van der Waals surface area contributed by atoms with Crippen LogP contribution in [-0.2, 0) is 15.8 Å². The van der Waals surface area contributed by atoms with E-state index in [0.29, 0.717) is 16.9 Å². The van der Waals surface area contributed by atoms with Gasteiger partial charge in [-0.05, 0) is 17.2 Å². The smallest absolute Gasteiger partial charge is 0.238 e. The molecular formula is C15H16BN3O2S. The van der Waals surface area contributed by atoms with Crippen molar-refractivity contribution in [1.29, 1.82) is 0 Å². The molecule has 1 aromatic carbocycles. The standard InChI is InChI=1S/C15H16BN3O2S/c1-3-19-13(9-10-14(19)16)15(17-2)18-22(20,21)11-12-7-5-4-6-8-12/h3-10H,1,11H2,2H3,(H,17,18). The molecule has 0 aliphatic rings. The van der Waals surface area contributed by atoms with Crippen LogP contribution in [0.1, 0.15) is 11.3 Å². The van der Waals surface area contributed by atoms with E-state index < -0.39 is 10.0 Å². The van der Waals surface area contributed by atoms with E-state index >= 15 is 0 Å². The maximum atomic E-state index is 12.3. The number of aromatic nitrogens is 1. The normalized spacial score (nSPS) is 12.1. The van der Waals surface area contributed by atoms with E-state index in [1.54, 1.807) is 41.0 Å². The van der Waals surface area contributed by atoms with Crippen LogP contribution in [0.2, 0.25) is 0 Å². The fraction of sp³-hybridized carbons (Fsp3) is 0.133. The third kappa shape index (κ3) is 3.68. The van der Waals surface area contributed by atoms with Crippen LogP contribution in [0.5, 0.6) is 0 Å². The molecule has 0 bridgehead atoms. The molecule has 0 aliphatic heterocycles. The summed E-state index contributed by atoms with van der Waals surface area (Å²) < 4.78 is 28.6. The van der Waals surface area contributed by atoms with Crippen molar-refractivity contribution < 1.29 is 8.42 Å². The fourth-order valence-corrected chi connectivity index (χ4v) is 3.24. The van der Waals surface area contributed by atoms with Gasteiger partial charge in [0.05, 0.1) is 11.4 Å². The predicted molar refractivity (Wildman–Crippen MR) is 90.9 cm³/mol. The number of aliphatic imine (C=N–C) groups is 1. The molecule has 0 atom stereocenters. The first kappa shape index (κ1) is 16.1. The van der Waals surface area contributed by atoms with Gasteiger partial charge < -0.3 is 4.57 Å². The number of hydrogen-bond donors (Lipinski definition) is 1. The summed E-state index contributed by atoms with van der Waals surface area (Å²) in [7, 11) is 3.72. The van der Waals surface area contributed by atoms with Gasteiger partial charge in [0.15, 0.2) is 5.84 Å². The monoisotopic (exact) mass is 313 g/mol. The number of hydrogen-bond acceptors (Lipinski definition) is 3. The number of amidine groups is 1. The highest BCUT2D eigenvalue weighted by atomic mass is 32.2. The van der Waals surface area contributed by atoms with E-state index in [4.69, 9.17) is 7.85 Å². The van der Waals surface area contributed by atoms with Gasteiger partial charge in [-0.2, -0.15) is 0 Å². The Morgan fingerprint density at radius 3 is 2.59 bits per heavy atom. The average molecular weight is 313 g/mol. The molecule has 2 rings (SSSR count). The molecule has 5 nitrogen and oxygen atoms in total. The van der Waals surface area contributed by atoms with Crippen molar-refractivity contribution in [2.45, 2.75) is 5.75 Å². The van der Waals surface area contributed by atoms with Crippen molar-refractivity contribution in [3.8, 4) is 0 Å². The fourth-order valence-electron chi connectivity index (χ4n) is 2.05. The molecule has 1 N–H and O–H groups in total. The second kappa shape index (κ2) is 6.66. The highest BCUT2D eigenvalue weighted by Crippen LogP contribution is 2.07. The third-order valence-corrected chi connectivity index (χ3v) is 4.27. The van der Waals surface area contributed by atoms with Crippen LogP contribution in [0.4, 0.5) is 0 Å². The van der Waals surface area contributed by atoms with Gasteiger partial charge in [-0.15, -0.1) is 0 Å². The van der Waals surface area contributed by atoms with E-state index in [9.17, 15) is 8.42 Å². The maximum Gasteiger partial charge on any atom is 0.238 e. The molecule has 0 saturated heterocycles. The highest BCUT2D eigenvalue weighted by molar-refractivity contribution is 7.89. The molecule has 2 radical (unpaired) electrons. The Balaban J connectivity index is 2.25. The van der Waals surface area contributed by atoms with Gasteiger partial charge in [0.2, 0.25) is 10.0 Å². The first-order chi connectivity index (χ1) is 10.5. The third-order valence-electron chi connectivity index (χ3n) is 3.05. The van der Waals surface area contributed by atoms with Gasteiger partial charge in [-0.3, -0.25) is 9.71 Å². The van der Waals surface area contributed by atoms with Crippen molar-refractivity contribution >= 4 is 35.5 Å². The second-order valence-electron chi connectivity index (χ2n) is 4.61. The van der Waals surface area contributed by atoms with Crippen LogP contribution in [0.15, 0.2) is 54.0 Å². The average Bonchev–Trinajstić information content (AvgIpc) is 2.86. The van der Waals surface area contributed by atoms with Crippen LogP contribution in [0.25, 0.3) is 6.20 Å². The highest BCUT2D eigenvalue weighted by Gasteiger charge is 2.17. The van der Waals surface area contributed by atoms with Crippen molar-refractivity contribution in [2.24, 2.45) is 4.99 Å². The maximum absolute atomic E-state index is 12.3. The number of benzene rings is 1. The summed E-state index contributed by atoms with van der Waals surface area (Å²) in [6.45, 7) is 3.66. The Labute approximate surface area is 131 Å². The number of nitrogens with one attached hydrogen (secondary N) is 1. The molecular weight excluding hydrogens is 297 g/mol. The molecule has 7 heteroatoms. The largest absolute Gasteiger partial charge is 0.329 e. The summed E-state index contributed by atoms with van der Waals surface area (Å²) in [6.07, 6.45) is 1.50. The van der Waals surface area contributed by atoms with Crippen molar-refractivity contribution in [2.75, 3.05) is 7.05 Å². The van der Waals surface area contributed by atoms with E-state index in [0.717, 1.165) is 0 Å². The Kier molecular flexibility index (Phi) is 4.87. The molecule has 112 valence electrons. The van der Waals surface area contributed by atoms with Crippen LogP contribution >= 0.6 is 0 Å². The zero-order valence-corrected chi connectivity index (χ0v) is 13.0. The molecule has 0 unspecified atom stereocenters. The molecule has 1 aromatic heterocycles. The van der Waals surface area contributed by atoms with Crippen LogP contribution < -0.4 is 10.3 Å². The van der Waals surface area contributed by atoms with Gasteiger partial charge >= 0.3 is 0 Å². The van der Waals surface area contributed by atoms with Crippen LogP contribution in [0.3, 0.4) is 0 Å². The van der Waals surface area contributed by atoms with Gasteiger partial charge in [0, 0.05) is 13.2 Å². The van der Waals surface area contributed by atoms with Gasteiger partial charge in [0.25, 0.3) is 0 Å². The molecule has 2 aromatic rings. The minimum absolute atomic E-state index is 0.128. The van der Waals surface area contributed by atoms with Gasteiger partial charge in [-0.25, -0.2) is 8.42 Å². The lowest BCUT2D eigenvalue weighted by atomic mass is 10.1. The molecule has 0 spiro atoms. The summed E-state index contributed by atoms with van der Waals surface area (Å²) in [5.41, 5.74) is 1.68. The van der Waals surface area contributed by atoms with E-state index in [1.165, 1.54) is 13.2 Å². The SMILES string of the molecule is [B]c1ccc(C(=NC)NS(=O)(=O)Cc2ccccc2)n1C=C. The van der Waals surface area contributed by atoms with Crippen molar-refractivity contribution in [3.63, 3.8) is 0 Å². The molecule has 1 heterocycles. The minimum Gasteiger partial charge on any atom is -0.329 e. The zero-order chi connectivity index (χ0) is 16.2. The lowest BCUT2D eigenvalue weighted by Crippen LogP contribution is -2.34. The van der Waals surface area contributed by atoms with Crippen molar-refractivity contribution in [3.05, 3.63) is 60.3 Å². The number of nitrogens with zero attached hydrogens (tertiary/aromatic N) is 2. The predicted octanol–water partition coefficient (Wildman–Crippen LogP) is 0.878. The molecule has 0 amide bonds. The number of sulfonamides is 1. The first-order valence-corrected chi connectivity index (χ1v) is 8.23. The molecule has 0 saturated carbocycles. The topological polar surface area (TPSA) is 63.5 Å². The van der Waals surface area contributed by atoms with Gasteiger partial charge in [0.1, 0.15) is 7.85 Å². The lowest BCUT2D eigenvalue weighted by molar-refractivity contribution is 0.591. The quantitative estimate of drug-likeness (QED) is 0.506. The zero-order valence-electron chi connectivity index (χ0n) is 12.2. The summed E-state index contributed by atoms with van der Waals surface area (Å²) in [6, 6.07) is 12.3. The summed E-state index contributed by atoms with van der Waals surface area (Å²) in [5.74, 6) is 0.0875.